The van der Waals surface area contributed by atoms with Crippen LogP contribution in [0.5, 0.6) is 0 Å². The molecule has 0 aliphatic carbocycles. The van der Waals surface area contributed by atoms with E-state index >= 15 is 0 Å². The van der Waals surface area contributed by atoms with Gasteiger partial charge in [-0.1, -0.05) is 19.0 Å². The molecular formula is C15H24N6OS. The number of nitrogens with one attached hydrogen (secondary N) is 2. The zero-order valence-electron chi connectivity index (χ0n) is 14.1. The van der Waals surface area contributed by atoms with Gasteiger partial charge in [0, 0.05) is 44.3 Å². The summed E-state index contributed by atoms with van der Waals surface area (Å²) < 4.78 is 5.21. The molecule has 7 nitrogen and oxygen atoms in total. The van der Waals surface area contributed by atoms with Crippen molar-refractivity contribution < 1.29 is 4.52 Å². The van der Waals surface area contributed by atoms with E-state index in [-0.39, 0.29) is 5.92 Å². The summed E-state index contributed by atoms with van der Waals surface area (Å²) in [6, 6.07) is 0. The number of aromatic nitrogens is 3. The molecular weight excluding hydrogens is 312 g/mol. The van der Waals surface area contributed by atoms with Crippen LogP contribution in [0.3, 0.4) is 0 Å². The molecule has 0 fully saturated rings. The van der Waals surface area contributed by atoms with E-state index in [0.717, 1.165) is 35.5 Å². The van der Waals surface area contributed by atoms with Gasteiger partial charge < -0.3 is 15.2 Å². The Bertz CT molecular complexity index is 633. The maximum Gasteiger partial charge on any atom is 0.228 e. The van der Waals surface area contributed by atoms with Crippen LogP contribution < -0.4 is 10.6 Å². The van der Waals surface area contributed by atoms with Gasteiger partial charge in [-0.05, 0) is 6.92 Å². The van der Waals surface area contributed by atoms with Crippen molar-refractivity contribution in [2.45, 2.75) is 39.5 Å². The third kappa shape index (κ3) is 5.63. The van der Waals surface area contributed by atoms with E-state index in [9.17, 15) is 0 Å². The third-order valence-corrected chi connectivity index (χ3v) is 4.02. The molecule has 2 heterocycles. The van der Waals surface area contributed by atoms with Gasteiger partial charge in [-0.3, -0.25) is 4.99 Å². The first kappa shape index (κ1) is 17.4. The van der Waals surface area contributed by atoms with Crippen LogP contribution in [0.15, 0.2) is 14.9 Å². The molecule has 2 aromatic rings. The van der Waals surface area contributed by atoms with Crippen LogP contribution in [0, 0.1) is 6.92 Å². The summed E-state index contributed by atoms with van der Waals surface area (Å²) in [6.45, 7) is 7.59. The predicted octanol–water partition coefficient (Wildman–Crippen LogP) is 1.91. The topological polar surface area (TPSA) is 88.2 Å². The van der Waals surface area contributed by atoms with Gasteiger partial charge in [0.05, 0.1) is 10.7 Å². The quantitative estimate of drug-likeness (QED) is 0.593. The lowest BCUT2D eigenvalue weighted by atomic mass is 10.2. The Morgan fingerprint density at radius 2 is 2.00 bits per heavy atom. The van der Waals surface area contributed by atoms with E-state index in [1.165, 1.54) is 0 Å². The highest BCUT2D eigenvalue weighted by molar-refractivity contribution is 7.09. The lowest BCUT2D eigenvalue weighted by molar-refractivity contribution is 0.371. The molecule has 2 aromatic heterocycles. The highest BCUT2D eigenvalue weighted by Gasteiger charge is 2.09. The Morgan fingerprint density at radius 1 is 1.26 bits per heavy atom. The first-order valence-electron chi connectivity index (χ1n) is 7.76. The van der Waals surface area contributed by atoms with Gasteiger partial charge >= 0.3 is 0 Å². The van der Waals surface area contributed by atoms with Gasteiger partial charge in [-0.2, -0.15) is 4.98 Å². The van der Waals surface area contributed by atoms with Crippen LogP contribution in [0.25, 0.3) is 0 Å². The average Bonchev–Trinajstić information content (AvgIpc) is 3.15. The summed E-state index contributed by atoms with van der Waals surface area (Å²) in [5.74, 6) is 2.44. The van der Waals surface area contributed by atoms with E-state index in [4.69, 9.17) is 4.52 Å². The van der Waals surface area contributed by atoms with Gasteiger partial charge in [0.1, 0.15) is 0 Å². The van der Waals surface area contributed by atoms with Crippen molar-refractivity contribution in [2.75, 3.05) is 20.1 Å². The Hall–Kier alpha value is -1.96. The standard InChI is InChI=1S/C15H24N6OS/c1-10(2)14-20-13(22-21-14)6-8-18-15(16-4)17-7-5-12-9-23-11(3)19-12/h9-10H,5-8H2,1-4H3,(H2,16,17,18). The minimum atomic E-state index is 0.282. The molecule has 0 aromatic carbocycles. The van der Waals surface area contributed by atoms with E-state index in [1.807, 2.05) is 20.8 Å². The fourth-order valence-corrected chi connectivity index (χ4v) is 2.59. The van der Waals surface area contributed by atoms with Crippen molar-refractivity contribution >= 4 is 17.3 Å². The number of aryl methyl sites for hydroxylation is 1. The summed E-state index contributed by atoms with van der Waals surface area (Å²) in [7, 11) is 1.76. The molecule has 0 spiro atoms. The van der Waals surface area contributed by atoms with Crippen molar-refractivity contribution in [3.05, 3.63) is 27.8 Å². The number of hydrogen-bond donors (Lipinski definition) is 2. The zero-order valence-corrected chi connectivity index (χ0v) is 14.9. The normalized spacial score (nSPS) is 12.0. The van der Waals surface area contributed by atoms with Crippen LogP contribution >= 0.6 is 11.3 Å². The van der Waals surface area contributed by atoms with Crippen LogP contribution in [0.2, 0.25) is 0 Å². The lowest BCUT2D eigenvalue weighted by Crippen LogP contribution is -2.39. The van der Waals surface area contributed by atoms with Gasteiger partial charge in [0.25, 0.3) is 0 Å². The van der Waals surface area contributed by atoms with Crippen LogP contribution in [-0.2, 0) is 12.8 Å². The molecule has 126 valence electrons. The lowest BCUT2D eigenvalue weighted by Gasteiger charge is -2.10. The Morgan fingerprint density at radius 3 is 2.57 bits per heavy atom. The predicted molar refractivity (Wildman–Crippen MR) is 92.0 cm³/mol. The largest absolute Gasteiger partial charge is 0.356 e. The summed E-state index contributed by atoms with van der Waals surface area (Å²) in [5.41, 5.74) is 1.11. The molecule has 0 aliphatic heterocycles. The number of nitrogens with zero attached hydrogens (tertiary/aromatic N) is 4. The number of thiazole rings is 1. The molecule has 0 aliphatic rings. The summed E-state index contributed by atoms with van der Waals surface area (Å²) >= 11 is 1.68. The van der Waals surface area contributed by atoms with Gasteiger partial charge in [-0.15, -0.1) is 11.3 Å². The summed E-state index contributed by atoms with van der Waals surface area (Å²) in [4.78, 5) is 13.0. The average molecular weight is 336 g/mol. The summed E-state index contributed by atoms with van der Waals surface area (Å²) in [6.07, 6.45) is 1.55. The molecule has 23 heavy (non-hydrogen) atoms. The second-order valence-electron chi connectivity index (χ2n) is 5.48. The van der Waals surface area contributed by atoms with Crippen molar-refractivity contribution in [2.24, 2.45) is 4.99 Å². The molecule has 2 rings (SSSR count). The maximum absolute atomic E-state index is 5.21. The van der Waals surface area contributed by atoms with Gasteiger partial charge in [0.15, 0.2) is 11.8 Å². The van der Waals surface area contributed by atoms with Gasteiger partial charge in [0.2, 0.25) is 5.89 Å². The molecule has 0 unspecified atom stereocenters. The SMILES string of the molecule is CN=C(NCCc1csc(C)n1)NCCc1nc(C(C)C)no1. The number of hydrogen-bond acceptors (Lipinski definition) is 6. The molecule has 0 atom stereocenters. The van der Waals surface area contributed by atoms with Gasteiger partial charge in [-0.25, -0.2) is 4.98 Å². The van der Waals surface area contributed by atoms with Crippen LogP contribution in [0.4, 0.5) is 0 Å². The monoisotopic (exact) mass is 336 g/mol. The molecule has 0 radical (unpaired) electrons. The smallest absolute Gasteiger partial charge is 0.228 e. The van der Waals surface area contributed by atoms with E-state index in [2.05, 4.69) is 36.1 Å². The Kier molecular flexibility index (Phi) is 6.52. The van der Waals surface area contributed by atoms with E-state index in [0.29, 0.717) is 18.9 Å². The molecule has 0 bridgehead atoms. The minimum absolute atomic E-state index is 0.282. The Balaban J connectivity index is 1.68. The van der Waals surface area contributed by atoms with Crippen LogP contribution in [-0.4, -0.2) is 41.2 Å². The van der Waals surface area contributed by atoms with E-state index in [1.54, 1.807) is 18.4 Å². The van der Waals surface area contributed by atoms with Crippen molar-refractivity contribution in [3.63, 3.8) is 0 Å². The highest BCUT2D eigenvalue weighted by Crippen LogP contribution is 2.09. The van der Waals surface area contributed by atoms with Crippen molar-refractivity contribution in [1.82, 2.24) is 25.8 Å². The first-order chi connectivity index (χ1) is 11.1. The van der Waals surface area contributed by atoms with Crippen LogP contribution in [0.1, 0.15) is 42.2 Å². The number of aliphatic imine (C=N–C) groups is 1. The minimum Gasteiger partial charge on any atom is -0.356 e. The molecule has 0 saturated heterocycles. The van der Waals surface area contributed by atoms with E-state index < -0.39 is 0 Å². The molecule has 8 heteroatoms. The molecule has 0 amide bonds. The highest BCUT2D eigenvalue weighted by atomic mass is 32.1. The summed E-state index contributed by atoms with van der Waals surface area (Å²) in [5, 5.41) is 13.7. The molecule has 0 saturated carbocycles. The molecule has 2 N–H and O–H groups in total. The second kappa shape index (κ2) is 8.61. The second-order valence-corrected chi connectivity index (χ2v) is 6.55. The fourth-order valence-electron chi connectivity index (χ4n) is 1.94. The van der Waals surface area contributed by atoms with Crippen molar-refractivity contribution in [1.29, 1.82) is 0 Å². The Labute approximate surface area is 140 Å². The number of guanidine groups is 1. The first-order valence-corrected chi connectivity index (χ1v) is 8.64. The fraction of sp³-hybridized carbons (Fsp3) is 0.600. The third-order valence-electron chi connectivity index (χ3n) is 3.20. The maximum atomic E-state index is 5.21. The zero-order chi connectivity index (χ0) is 16.7. The number of rotatable bonds is 7. The van der Waals surface area contributed by atoms with Crippen molar-refractivity contribution in [3.8, 4) is 0 Å².